The molecule has 2 aromatic carbocycles. The van der Waals surface area contributed by atoms with Gasteiger partial charge in [-0.25, -0.2) is 0 Å². The van der Waals surface area contributed by atoms with Gasteiger partial charge in [-0.15, -0.1) is 0 Å². The van der Waals surface area contributed by atoms with E-state index in [9.17, 15) is 5.11 Å². The number of anilines is 2. The molecule has 0 saturated heterocycles. The quantitative estimate of drug-likeness (QED) is 0.816. The first-order valence-electron chi connectivity index (χ1n) is 6.93. The molecule has 2 rings (SSSR count). The number of hydrogen-bond donors (Lipinski definition) is 2. The van der Waals surface area contributed by atoms with E-state index in [1.807, 2.05) is 30.3 Å². The third kappa shape index (κ3) is 3.92. The summed E-state index contributed by atoms with van der Waals surface area (Å²) >= 11 is 0. The maximum atomic E-state index is 9.66. The van der Waals surface area contributed by atoms with Crippen LogP contribution < -0.4 is 10.6 Å². The highest BCUT2D eigenvalue weighted by molar-refractivity contribution is 5.51. The lowest BCUT2D eigenvalue weighted by Gasteiger charge is -2.27. The van der Waals surface area contributed by atoms with Gasteiger partial charge in [0.15, 0.2) is 0 Å². The van der Waals surface area contributed by atoms with Crippen molar-refractivity contribution in [3.63, 3.8) is 0 Å². The van der Waals surface area contributed by atoms with Crippen molar-refractivity contribution < 1.29 is 5.11 Å². The van der Waals surface area contributed by atoms with Crippen LogP contribution in [0.1, 0.15) is 19.4 Å². The van der Waals surface area contributed by atoms with Crippen LogP contribution in [0.25, 0.3) is 0 Å². The molecule has 0 saturated carbocycles. The van der Waals surface area contributed by atoms with Gasteiger partial charge in [-0.2, -0.15) is 0 Å². The van der Waals surface area contributed by atoms with Crippen molar-refractivity contribution in [1.82, 2.24) is 0 Å². The van der Waals surface area contributed by atoms with E-state index in [0.29, 0.717) is 11.7 Å². The predicted molar refractivity (Wildman–Crippen MR) is 84.8 cm³/mol. The highest BCUT2D eigenvalue weighted by Crippen LogP contribution is 2.23. The molecule has 20 heavy (non-hydrogen) atoms. The van der Waals surface area contributed by atoms with Gasteiger partial charge in [0, 0.05) is 30.5 Å². The Morgan fingerprint density at radius 3 is 2.50 bits per heavy atom. The van der Waals surface area contributed by atoms with Crippen molar-refractivity contribution >= 4 is 11.4 Å². The van der Waals surface area contributed by atoms with Crippen LogP contribution >= 0.6 is 0 Å². The van der Waals surface area contributed by atoms with Gasteiger partial charge in [0.1, 0.15) is 5.75 Å². The first-order chi connectivity index (χ1) is 9.54. The molecule has 3 nitrogen and oxygen atoms in total. The average Bonchev–Trinajstić information content (AvgIpc) is 2.37. The minimum Gasteiger partial charge on any atom is -0.508 e. The number of phenolic OH excluding ortho intramolecular Hbond substituents is 1. The van der Waals surface area contributed by atoms with E-state index < -0.39 is 0 Å². The third-order valence-electron chi connectivity index (χ3n) is 3.10. The lowest BCUT2D eigenvalue weighted by Crippen LogP contribution is -2.27. The van der Waals surface area contributed by atoms with E-state index in [2.05, 4.69) is 24.8 Å². The highest BCUT2D eigenvalue weighted by Gasteiger charge is 2.10. The van der Waals surface area contributed by atoms with Crippen LogP contribution in [0, 0.1) is 5.92 Å². The van der Waals surface area contributed by atoms with E-state index in [1.54, 1.807) is 12.1 Å². The molecule has 3 heteroatoms. The van der Waals surface area contributed by atoms with Gasteiger partial charge < -0.3 is 15.7 Å². The number of aromatic hydroxyl groups is 1. The zero-order valence-electron chi connectivity index (χ0n) is 12.1. The van der Waals surface area contributed by atoms with E-state index in [0.717, 1.165) is 24.5 Å². The molecule has 0 unspecified atom stereocenters. The van der Waals surface area contributed by atoms with Gasteiger partial charge in [0.05, 0.1) is 0 Å². The second kappa shape index (κ2) is 6.33. The number of nitrogens with zero attached hydrogens (tertiary/aromatic N) is 1. The smallest absolute Gasteiger partial charge is 0.117 e. The van der Waals surface area contributed by atoms with Crippen LogP contribution in [0.3, 0.4) is 0 Å². The Morgan fingerprint density at radius 2 is 1.85 bits per heavy atom. The molecule has 0 atom stereocenters. The number of benzene rings is 2. The Balaban J connectivity index is 2.24. The molecule has 0 amide bonds. The van der Waals surface area contributed by atoms with Gasteiger partial charge in [-0.3, -0.25) is 0 Å². The number of nitrogens with two attached hydrogens (primary N) is 1. The first kappa shape index (κ1) is 14.3. The van der Waals surface area contributed by atoms with Gasteiger partial charge in [0.2, 0.25) is 0 Å². The van der Waals surface area contributed by atoms with Gasteiger partial charge in [0.25, 0.3) is 0 Å². The van der Waals surface area contributed by atoms with Crippen LogP contribution in [0.5, 0.6) is 5.75 Å². The summed E-state index contributed by atoms with van der Waals surface area (Å²) < 4.78 is 0. The van der Waals surface area contributed by atoms with Crippen LogP contribution in [0.4, 0.5) is 11.4 Å². The fourth-order valence-electron chi connectivity index (χ4n) is 2.30. The van der Waals surface area contributed by atoms with Gasteiger partial charge in [-0.05, 0) is 35.7 Å². The van der Waals surface area contributed by atoms with Crippen LogP contribution in [-0.4, -0.2) is 11.7 Å². The fourth-order valence-corrected chi connectivity index (χ4v) is 2.30. The van der Waals surface area contributed by atoms with Gasteiger partial charge >= 0.3 is 0 Å². The number of phenols is 1. The minimum absolute atomic E-state index is 0.295. The molecule has 0 radical (unpaired) electrons. The Bertz CT molecular complexity index is 566. The number of rotatable bonds is 5. The Labute approximate surface area is 120 Å². The van der Waals surface area contributed by atoms with Crippen molar-refractivity contribution in [3.8, 4) is 5.75 Å². The van der Waals surface area contributed by atoms with Crippen molar-refractivity contribution in [2.45, 2.75) is 20.4 Å². The zero-order valence-corrected chi connectivity index (χ0v) is 12.1. The topological polar surface area (TPSA) is 49.5 Å². The molecule has 0 spiro atoms. The predicted octanol–water partition coefficient (Wildman–Crippen LogP) is 3.64. The molecule has 0 heterocycles. The average molecular weight is 270 g/mol. The summed E-state index contributed by atoms with van der Waals surface area (Å²) in [6.45, 7) is 6.09. The van der Waals surface area contributed by atoms with Crippen molar-refractivity contribution in [2.75, 3.05) is 17.2 Å². The summed E-state index contributed by atoms with van der Waals surface area (Å²) in [5.41, 5.74) is 8.82. The summed E-state index contributed by atoms with van der Waals surface area (Å²) in [6.07, 6.45) is 0. The Morgan fingerprint density at radius 1 is 1.10 bits per heavy atom. The Hall–Kier alpha value is -2.16. The lowest BCUT2D eigenvalue weighted by molar-refractivity contribution is 0.475. The molecule has 0 aliphatic carbocycles. The molecular weight excluding hydrogens is 248 g/mol. The summed E-state index contributed by atoms with van der Waals surface area (Å²) in [4.78, 5) is 2.26. The molecule has 0 bridgehead atoms. The molecule has 0 fully saturated rings. The van der Waals surface area contributed by atoms with Gasteiger partial charge in [-0.1, -0.05) is 32.0 Å². The van der Waals surface area contributed by atoms with Crippen LogP contribution in [0.15, 0.2) is 48.5 Å². The molecular formula is C17H22N2O. The lowest BCUT2D eigenvalue weighted by atomic mass is 10.1. The zero-order chi connectivity index (χ0) is 14.5. The van der Waals surface area contributed by atoms with Crippen molar-refractivity contribution in [1.29, 1.82) is 0 Å². The van der Waals surface area contributed by atoms with E-state index in [-0.39, 0.29) is 0 Å². The molecule has 0 aliphatic rings. The Kier molecular flexibility index (Phi) is 4.51. The van der Waals surface area contributed by atoms with E-state index in [4.69, 9.17) is 5.73 Å². The molecule has 106 valence electrons. The molecule has 0 aromatic heterocycles. The summed E-state index contributed by atoms with van der Waals surface area (Å²) in [7, 11) is 0. The summed E-state index contributed by atoms with van der Waals surface area (Å²) in [6, 6.07) is 15.3. The third-order valence-corrected chi connectivity index (χ3v) is 3.10. The van der Waals surface area contributed by atoms with E-state index in [1.165, 1.54) is 5.56 Å². The minimum atomic E-state index is 0.295. The summed E-state index contributed by atoms with van der Waals surface area (Å²) in [5, 5.41) is 9.66. The monoisotopic (exact) mass is 270 g/mol. The molecule has 3 N–H and O–H groups in total. The number of nitrogen functional groups attached to an aromatic ring is 1. The fraction of sp³-hybridized carbons (Fsp3) is 0.294. The normalized spacial score (nSPS) is 10.8. The standard InChI is InChI=1S/C17H22N2O/c1-13(2)11-19(16-7-4-8-17(20)10-16)12-14-5-3-6-15(18)9-14/h3-10,13,20H,11-12,18H2,1-2H3. The highest BCUT2D eigenvalue weighted by atomic mass is 16.3. The van der Waals surface area contributed by atoms with Crippen LogP contribution in [0.2, 0.25) is 0 Å². The van der Waals surface area contributed by atoms with E-state index >= 15 is 0 Å². The molecule has 0 aliphatic heterocycles. The van der Waals surface area contributed by atoms with Crippen LogP contribution in [-0.2, 0) is 6.54 Å². The van der Waals surface area contributed by atoms with Crippen molar-refractivity contribution in [2.24, 2.45) is 5.92 Å². The molecule has 2 aromatic rings. The second-order valence-corrected chi connectivity index (χ2v) is 5.54. The van der Waals surface area contributed by atoms with Crippen molar-refractivity contribution in [3.05, 3.63) is 54.1 Å². The second-order valence-electron chi connectivity index (χ2n) is 5.54. The summed E-state index contributed by atoms with van der Waals surface area (Å²) in [5.74, 6) is 0.835. The number of hydrogen-bond acceptors (Lipinski definition) is 3. The maximum absolute atomic E-state index is 9.66. The SMILES string of the molecule is CC(C)CN(Cc1cccc(N)c1)c1cccc(O)c1. The first-order valence-corrected chi connectivity index (χ1v) is 6.93. The maximum Gasteiger partial charge on any atom is 0.117 e. The largest absolute Gasteiger partial charge is 0.508 e.